The zero-order valence-corrected chi connectivity index (χ0v) is 25.7. The number of cyclic esters (lactones) is 1. The summed E-state index contributed by atoms with van der Waals surface area (Å²) in [6, 6.07) is 11.5. The van der Waals surface area contributed by atoms with Crippen molar-refractivity contribution in [1.29, 1.82) is 0 Å². The molecule has 1 unspecified atom stereocenters. The summed E-state index contributed by atoms with van der Waals surface area (Å²) in [6.07, 6.45) is 4.15. The van der Waals surface area contributed by atoms with Crippen molar-refractivity contribution in [3.05, 3.63) is 51.7 Å². The molecule has 2 atom stereocenters. The maximum absolute atomic E-state index is 12.6. The quantitative estimate of drug-likeness (QED) is 0.142. The van der Waals surface area contributed by atoms with Gasteiger partial charge in [-0.05, 0) is 54.4 Å². The first kappa shape index (κ1) is 30.3. The van der Waals surface area contributed by atoms with E-state index in [1.54, 1.807) is 11.0 Å². The molecule has 3 rings (SSSR count). The molecule has 0 bridgehead atoms. The number of anilines is 1. The first-order chi connectivity index (χ1) is 18.0. The molecule has 1 aromatic carbocycles. The zero-order valence-electron chi connectivity index (χ0n) is 23.9. The normalized spacial score (nSPS) is 17.0. The molecule has 0 aliphatic carbocycles. The lowest BCUT2D eigenvalue weighted by Gasteiger charge is -2.39. The molecule has 210 valence electrons. The van der Waals surface area contributed by atoms with Crippen LogP contribution in [0.15, 0.2) is 36.4 Å². The smallest absolute Gasteiger partial charge is 0.414 e. The van der Waals surface area contributed by atoms with E-state index in [1.807, 2.05) is 18.2 Å². The van der Waals surface area contributed by atoms with Crippen LogP contribution in [0.2, 0.25) is 18.1 Å². The van der Waals surface area contributed by atoms with Crippen molar-refractivity contribution in [1.82, 2.24) is 0 Å². The van der Waals surface area contributed by atoms with E-state index in [9.17, 15) is 9.59 Å². The van der Waals surface area contributed by atoms with Crippen LogP contribution in [0.5, 0.6) is 0 Å². The fraction of sp³-hybridized carbons (Fsp3) is 0.586. The van der Waals surface area contributed by atoms with E-state index in [1.165, 1.54) is 31.3 Å². The highest BCUT2D eigenvalue weighted by Crippen LogP contribution is 2.41. The van der Waals surface area contributed by atoms with E-state index in [0.29, 0.717) is 18.1 Å². The van der Waals surface area contributed by atoms with Crippen molar-refractivity contribution < 1.29 is 28.2 Å². The number of methoxy groups -OCH3 is 1. The molecule has 2 aromatic rings. The van der Waals surface area contributed by atoms with Crippen LogP contribution in [-0.4, -0.2) is 46.7 Å². The van der Waals surface area contributed by atoms with Crippen molar-refractivity contribution in [2.45, 2.75) is 90.3 Å². The fourth-order valence-electron chi connectivity index (χ4n) is 4.12. The zero-order chi connectivity index (χ0) is 27.9. The van der Waals surface area contributed by atoms with E-state index in [2.05, 4.69) is 52.9 Å². The number of hydrogen-bond donors (Lipinski definition) is 0. The van der Waals surface area contributed by atoms with Gasteiger partial charge in [0.25, 0.3) is 0 Å². The molecule has 1 aromatic heterocycles. The number of esters is 1. The Balaban J connectivity index is 1.67. The molecule has 7 nitrogen and oxygen atoms in total. The SMILES string of the molecule is CCCCCC(O[Si](C)(C)C(C)(C)C)c1ccc(N2C(=O)OC[C@@H]2COCc2ccc(C(=O)OC)s2)cc1. The minimum atomic E-state index is -1.95. The first-order valence-corrected chi connectivity index (χ1v) is 17.2. The Morgan fingerprint density at radius 2 is 1.87 bits per heavy atom. The lowest BCUT2D eigenvalue weighted by Crippen LogP contribution is -2.41. The van der Waals surface area contributed by atoms with Gasteiger partial charge < -0.3 is 18.6 Å². The summed E-state index contributed by atoms with van der Waals surface area (Å²) in [7, 11) is -0.583. The predicted molar refractivity (Wildman–Crippen MR) is 155 cm³/mol. The number of hydrogen-bond acceptors (Lipinski definition) is 7. The topological polar surface area (TPSA) is 74.3 Å². The highest BCUT2D eigenvalue weighted by molar-refractivity contribution is 7.13. The highest BCUT2D eigenvalue weighted by atomic mass is 32.1. The average Bonchev–Trinajstić information content (AvgIpc) is 3.49. The van der Waals surface area contributed by atoms with Gasteiger partial charge in [0.1, 0.15) is 11.5 Å². The summed E-state index contributed by atoms with van der Waals surface area (Å²) >= 11 is 1.34. The van der Waals surface area contributed by atoms with Crippen LogP contribution in [0.1, 0.15) is 79.6 Å². The second kappa shape index (κ2) is 13.2. The first-order valence-electron chi connectivity index (χ1n) is 13.5. The van der Waals surface area contributed by atoms with Crippen LogP contribution in [0.4, 0.5) is 10.5 Å². The summed E-state index contributed by atoms with van der Waals surface area (Å²) in [5, 5.41) is 0.131. The van der Waals surface area contributed by atoms with Gasteiger partial charge in [-0.2, -0.15) is 0 Å². The molecule has 9 heteroatoms. The summed E-state index contributed by atoms with van der Waals surface area (Å²) < 4.78 is 22.9. The van der Waals surface area contributed by atoms with Crippen LogP contribution in [0.25, 0.3) is 0 Å². The standard InChI is InChI=1S/C29H43NO6SSi/c1-8-9-10-11-25(36-38(6,7)29(2,3)4)21-12-14-22(15-13-21)30-23(19-35-28(30)32)18-34-20-24-16-17-26(37-24)27(31)33-5/h12-17,23,25H,8-11,18-20H2,1-7H3/t23-,25?/m0/s1. The third kappa shape index (κ3) is 7.68. The largest absolute Gasteiger partial charge is 0.465 e. The number of amides is 1. The van der Waals surface area contributed by atoms with Gasteiger partial charge in [0.2, 0.25) is 0 Å². The second-order valence-electron chi connectivity index (χ2n) is 11.3. The van der Waals surface area contributed by atoms with E-state index >= 15 is 0 Å². The number of rotatable bonds is 13. The number of carbonyl (C=O) groups is 2. The van der Waals surface area contributed by atoms with Crippen LogP contribution < -0.4 is 4.90 Å². The monoisotopic (exact) mass is 561 g/mol. The fourth-order valence-corrected chi connectivity index (χ4v) is 6.30. The molecule has 2 heterocycles. The van der Waals surface area contributed by atoms with Crippen LogP contribution >= 0.6 is 11.3 Å². The lowest BCUT2D eigenvalue weighted by molar-refractivity contribution is 0.0606. The van der Waals surface area contributed by atoms with Crippen LogP contribution in [0.3, 0.4) is 0 Å². The molecule has 0 saturated carbocycles. The molecular formula is C29H43NO6SSi. The van der Waals surface area contributed by atoms with E-state index < -0.39 is 8.32 Å². The number of unbranched alkanes of at least 4 members (excludes halogenated alkanes) is 2. The predicted octanol–water partition coefficient (Wildman–Crippen LogP) is 7.72. The third-order valence-electron chi connectivity index (χ3n) is 7.42. The van der Waals surface area contributed by atoms with Crippen molar-refractivity contribution in [3.8, 4) is 0 Å². The number of carbonyl (C=O) groups excluding carboxylic acids is 2. The number of thiophene rings is 1. The van der Waals surface area contributed by atoms with Crippen molar-refractivity contribution in [2.24, 2.45) is 0 Å². The Bertz CT molecular complexity index is 1060. The van der Waals surface area contributed by atoms with Crippen molar-refractivity contribution in [3.63, 3.8) is 0 Å². The number of ether oxygens (including phenoxy) is 3. The maximum atomic E-state index is 12.6. The van der Waals surface area contributed by atoms with Gasteiger partial charge in [0.05, 0.1) is 32.5 Å². The molecule has 1 fully saturated rings. The molecule has 0 spiro atoms. The molecule has 1 aliphatic heterocycles. The van der Waals surface area contributed by atoms with Crippen molar-refractivity contribution >= 4 is 37.4 Å². The molecule has 1 amide bonds. The lowest BCUT2D eigenvalue weighted by atomic mass is 10.0. The van der Waals surface area contributed by atoms with E-state index in [0.717, 1.165) is 29.0 Å². The van der Waals surface area contributed by atoms with Crippen LogP contribution in [0, 0.1) is 0 Å². The minimum Gasteiger partial charge on any atom is -0.465 e. The molecule has 0 radical (unpaired) electrons. The summed E-state index contributed by atoms with van der Waals surface area (Å²) in [5.41, 5.74) is 1.93. The molecule has 38 heavy (non-hydrogen) atoms. The molecule has 0 N–H and O–H groups in total. The summed E-state index contributed by atoms with van der Waals surface area (Å²) in [6.45, 7) is 14.6. The number of nitrogens with zero attached hydrogens (tertiary/aromatic N) is 1. The molecule has 1 aliphatic rings. The Labute approximate surface area is 232 Å². The van der Waals surface area contributed by atoms with Crippen molar-refractivity contribution in [2.75, 3.05) is 25.2 Å². The Kier molecular flexibility index (Phi) is 10.6. The third-order valence-corrected chi connectivity index (χ3v) is 12.9. The van der Waals surface area contributed by atoms with Gasteiger partial charge in [-0.3, -0.25) is 4.90 Å². The number of benzene rings is 1. The Hall–Kier alpha value is -2.20. The van der Waals surface area contributed by atoms with Gasteiger partial charge in [-0.15, -0.1) is 11.3 Å². The molecular weight excluding hydrogens is 518 g/mol. The van der Waals surface area contributed by atoms with Gasteiger partial charge >= 0.3 is 12.1 Å². The Morgan fingerprint density at radius 3 is 2.50 bits per heavy atom. The summed E-state index contributed by atoms with van der Waals surface area (Å²) in [5.74, 6) is -0.354. The van der Waals surface area contributed by atoms with Gasteiger partial charge in [-0.25, -0.2) is 9.59 Å². The maximum Gasteiger partial charge on any atom is 0.414 e. The minimum absolute atomic E-state index is 0.0434. The van der Waals surface area contributed by atoms with Gasteiger partial charge in [0, 0.05) is 10.6 Å². The van der Waals surface area contributed by atoms with E-state index in [4.69, 9.17) is 18.6 Å². The highest BCUT2D eigenvalue weighted by Gasteiger charge is 2.39. The van der Waals surface area contributed by atoms with Gasteiger partial charge in [0.15, 0.2) is 8.32 Å². The average molecular weight is 562 g/mol. The van der Waals surface area contributed by atoms with Gasteiger partial charge in [-0.1, -0.05) is 59.1 Å². The molecule has 1 saturated heterocycles. The Morgan fingerprint density at radius 1 is 1.16 bits per heavy atom. The van der Waals surface area contributed by atoms with Crippen LogP contribution in [-0.2, 0) is 25.2 Å². The van der Waals surface area contributed by atoms with E-state index in [-0.39, 0.29) is 35.9 Å². The second-order valence-corrected chi connectivity index (χ2v) is 17.3. The summed E-state index contributed by atoms with van der Waals surface area (Å²) in [4.78, 5) is 27.4.